The number of ether oxygens (including phenoxy) is 1. The normalized spacial score (nSPS) is 14.2. The molecule has 0 bridgehead atoms. The van der Waals surface area contributed by atoms with Gasteiger partial charge < -0.3 is 25.6 Å². The first-order chi connectivity index (χ1) is 19.0. The zero-order valence-corrected chi connectivity index (χ0v) is 22.9. The lowest BCUT2D eigenvalue weighted by Gasteiger charge is -2.44. The van der Waals surface area contributed by atoms with Gasteiger partial charge in [0.05, 0.1) is 0 Å². The largest absolute Gasteiger partial charge is 0.456 e. The molecule has 2 amide bonds. The molecule has 4 aromatic carbocycles. The number of benzene rings is 4. The molecule has 6 rings (SSSR count). The van der Waals surface area contributed by atoms with Gasteiger partial charge in [0.25, 0.3) is 0 Å². The summed E-state index contributed by atoms with van der Waals surface area (Å²) < 4.78 is 6.67. The van der Waals surface area contributed by atoms with Crippen LogP contribution in [0, 0.1) is 13.8 Å². The molecule has 0 aliphatic carbocycles. The van der Waals surface area contributed by atoms with Crippen LogP contribution in [-0.2, 0) is 12.1 Å². The van der Waals surface area contributed by atoms with Gasteiger partial charge in [-0.1, -0.05) is 42.5 Å². The summed E-state index contributed by atoms with van der Waals surface area (Å²) in [5.74, 6) is 1.51. The molecular formula is C33H34N4O2. The number of carbonyl (C=O) groups is 1. The molecule has 2 aliphatic heterocycles. The summed E-state index contributed by atoms with van der Waals surface area (Å²) in [5, 5.41) is 10.1. The second-order valence-corrected chi connectivity index (χ2v) is 10.2. The lowest BCUT2D eigenvalue weighted by Crippen LogP contribution is -2.49. The minimum absolute atomic E-state index is 0.155. The van der Waals surface area contributed by atoms with Gasteiger partial charge in [-0.15, -0.1) is 0 Å². The van der Waals surface area contributed by atoms with Crippen molar-refractivity contribution >= 4 is 23.1 Å². The summed E-state index contributed by atoms with van der Waals surface area (Å²) in [7, 11) is 0. The summed E-state index contributed by atoms with van der Waals surface area (Å²) >= 11 is 0. The zero-order valence-electron chi connectivity index (χ0n) is 22.9. The summed E-state index contributed by atoms with van der Waals surface area (Å²) in [4.78, 5) is 16.2. The van der Waals surface area contributed by atoms with Crippen LogP contribution in [0.25, 0.3) is 0 Å². The van der Waals surface area contributed by atoms with Gasteiger partial charge in [0, 0.05) is 60.0 Å². The third-order valence-corrected chi connectivity index (χ3v) is 7.80. The number of nitrogens with zero attached hydrogens (tertiary/aromatic N) is 1. The fourth-order valence-corrected chi connectivity index (χ4v) is 6.10. The van der Waals surface area contributed by atoms with E-state index in [2.05, 4.69) is 86.1 Å². The molecule has 0 unspecified atom stereocenters. The Hall–Kier alpha value is -4.45. The number of urea groups is 1. The Morgan fingerprint density at radius 2 is 1.36 bits per heavy atom. The topological polar surface area (TPSA) is 65.6 Å². The monoisotopic (exact) mass is 518 g/mol. The quantitative estimate of drug-likeness (QED) is 0.254. The van der Waals surface area contributed by atoms with Crippen molar-refractivity contribution in [1.29, 1.82) is 0 Å². The molecule has 3 N–H and O–H groups in total. The van der Waals surface area contributed by atoms with Gasteiger partial charge in [-0.05, 0) is 74.2 Å². The number of fused-ring (bicyclic) bond motifs is 6. The fraction of sp³-hybridized carbons (Fsp3) is 0.242. The fourth-order valence-electron chi connectivity index (χ4n) is 6.10. The number of anilines is 3. The molecule has 0 aromatic heterocycles. The van der Waals surface area contributed by atoms with E-state index in [1.54, 1.807) is 0 Å². The van der Waals surface area contributed by atoms with E-state index in [4.69, 9.17) is 4.74 Å². The number of nitrogens with one attached hydrogen (secondary N) is 3. The van der Waals surface area contributed by atoms with E-state index in [1.165, 1.54) is 0 Å². The predicted molar refractivity (Wildman–Crippen MR) is 158 cm³/mol. The average molecular weight is 519 g/mol. The Morgan fingerprint density at radius 3 is 1.95 bits per heavy atom. The molecule has 0 saturated heterocycles. The second kappa shape index (κ2) is 9.70. The number of aryl methyl sites for hydroxylation is 2. The van der Waals surface area contributed by atoms with Crippen molar-refractivity contribution in [3.8, 4) is 11.5 Å². The molecule has 2 heterocycles. The number of rotatable bonds is 5. The van der Waals surface area contributed by atoms with E-state index in [1.807, 2.05) is 41.3 Å². The van der Waals surface area contributed by atoms with E-state index in [0.717, 1.165) is 75.0 Å². The number of carbonyl (C=O) groups excluding carboxylic acids is 1. The van der Waals surface area contributed by atoms with Crippen LogP contribution in [0.5, 0.6) is 11.5 Å². The third kappa shape index (κ3) is 3.90. The number of hydrogen-bond acceptors (Lipinski definition) is 4. The summed E-state index contributed by atoms with van der Waals surface area (Å²) in [6.45, 7) is 10.5. The highest BCUT2D eigenvalue weighted by molar-refractivity contribution is 5.92. The third-order valence-electron chi connectivity index (χ3n) is 7.80. The van der Waals surface area contributed by atoms with Crippen LogP contribution in [0.2, 0.25) is 0 Å². The van der Waals surface area contributed by atoms with Crippen LogP contribution in [0.15, 0.2) is 78.9 Å². The molecule has 6 heteroatoms. The lowest BCUT2D eigenvalue weighted by atomic mass is 9.74. The zero-order chi connectivity index (χ0) is 27.1. The number of para-hydroxylation sites is 1. The molecule has 198 valence electrons. The second-order valence-electron chi connectivity index (χ2n) is 10.2. The van der Waals surface area contributed by atoms with E-state index < -0.39 is 5.54 Å². The SMILES string of the molecule is CCNc1cc2c(cc1C)C1(c3ccccc3CN1C(=O)Nc1ccccc1)c1cc(C)c(NCC)cc1O2. The van der Waals surface area contributed by atoms with Crippen molar-refractivity contribution in [1.82, 2.24) is 4.90 Å². The molecule has 0 fully saturated rings. The predicted octanol–water partition coefficient (Wildman–Crippen LogP) is 7.61. The van der Waals surface area contributed by atoms with Gasteiger partial charge in [0.2, 0.25) is 0 Å². The number of amides is 2. The van der Waals surface area contributed by atoms with Crippen molar-refractivity contribution in [2.45, 2.75) is 39.8 Å². The van der Waals surface area contributed by atoms with Crippen LogP contribution in [0.1, 0.15) is 47.2 Å². The Morgan fingerprint density at radius 1 is 0.795 bits per heavy atom. The highest BCUT2D eigenvalue weighted by Gasteiger charge is 2.55. The summed E-state index contributed by atoms with van der Waals surface area (Å²) in [5.41, 5.74) is 8.34. The van der Waals surface area contributed by atoms with Gasteiger partial charge in [-0.3, -0.25) is 0 Å². The van der Waals surface area contributed by atoms with Crippen LogP contribution in [0.4, 0.5) is 21.9 Å². The van der Waals surface area contributed by atoms with Crippen molar-refractivity contribution in [3.63, 3.8) is 0 Å². The van der Waals surface area contributed by atoms with Crippen molar-refractivity contribution in [2.75, 3.05) is 29.0 Å². The van der Waals surface area contributed by atoms with Gasteiger partial charge in [-0.25, -0.2) is 4.79 Å². The van der Waals surface area contributed by atoms with E-state index in [9.17, 15) is 4.79 Å². The molecule has 0 saturated carbocycles. The van der Waals surface area contributed by atoms with Gasteiger partial charge in [0.15, 0.2) is 0 Å². The average Bonchev–Trinajstić information content (AvgIpc) is 3.28. The summed E-state index contributed by atoms with van der Waals surface area (Å²) in [6, 6.07) is 26.4. The smallest absolute Gasteiger partial charge is 0.323 e. The van der Waals surface area contributed by atoms with Crippen LogP contribution in [-0.4, -0.2) is 24.0 Å². The molecule has 0 radical (unpaired) electrons. The van der Waals surface area contributed by atoms with Crippen LogP contribution >= 0.6 is 0 Å². The molecular weight excluding hydrogens is 484 g/mol. The Labute approximate surface area is 230 Å². The molecule has 0 atom stereocenters. The van der Waals surface area contributed by atoms with Gasteiger partial charge in [0.1, 0.15) is 17.0 Å². The Kier molecular flexibility index (Phi) is 6.18. The summed E-state index contributed by atoms with van der Waals surface area (Å²) in [6.07, 6.45) is 0. The van der Waals surface area contributed by atoms with E-state index in [0.29, 0.717) is 6.54 Å². The van der Waals surface area contributed by atoms with Crippen LogP contribution < -0.4 is 20.7 Å². The molecule has 2 aliphatic rings. The molecule has 4 aromatic rings. The lowest BCUT2D eigenvalue weighted by molar-refractivity contribution is 0.171. The van der Waals surface area contributed by atoms with Crippen molar-refractivity contribution in [2.24, 2.45) is 0 Å². The Balaban J connectivity index is 1.64. The molecule has 6 nitrogen and oxygen atoms in total. The first-order valence-electron chi connectivity index (χ1n) is 13.6. The maximum absolute atomic E-state index is 14.2. The standard InChI is InChI=1S/C33H34N4O2/c1-5-34-28-18-30-26(16-21(28)3)33(27-17-22(4)29(35-6-2)19-31(27)39-30)25-15-11-10-12-23(25)20-37(33)32(38)36-24-13-8-7-9-14-24/h7-19,34-35H,5-6,20H2,1-4H3,(H,36,38). The van der Waals surface area contributed by atoms with Crippen molar-refractivity contribution in [3.05, 3.63) is 112 Å². The highest BCUT2D eigenvalue weighted by atomic mass is 16.5. The van der Waals surface area contributed by atoms with E-state index in [-0.39, 0.29) is 6.03 Å². The maximum atomic E-state index is 14.2. The molecule has 39 heavy (non-hydrogen) atoms. The van der Waals surface area contributed by atoms with E-state index >= 15 is 0 Å². The van der Waals surface area contributed by atoms with Gasteiger partial charge >= 0.3 is 6.03 Å². The highest BCUT2D eigenvalue weighted by Crippen LogP contribution is 2.59. The first kappa shape index (κ1) is 24.9. The van der Waals surface area contributed by atoms with Crippen molar-refractivity contribution < 1.29 is 9.53 Å². The molecule has 1 spiro atoms. The number of hydrogen-bond donors (Lipinski definition) is 3. The van der Waals surface area contributed by atoms with Gasteiger partial charge in [-0.2, -0.15) is 0 Å². The first-order valence-corrected chi connectivity index (χ1v) is 13.6. The minimum Gasteiger partial charge on any atom is -0.456 e. The van der Waals surface area contributed by atoms with Crippen LogP contribution in [0.3, 0.4) is 0 Å². The Bertz CT molecular complexity index is 1500. The maximum Gasteiger partial charge on any atom is 0.323 e. The minimum atomic E-state index is -0.858.